The lowest BCUT2D eigenvalue weighted by atomic mass is 9.99. The van der Waals surface area contributed by atoms with Crippen LogP contribution in [0.5, 0.6) is 11.5 Å². The maximum Gasteiger partial charge on any atom is 0.248 e. The van der Waals surface area contributed by atoms with Crippen molar-refractivity contribution in [1.82, 2.24) is 0 Å². The lowest BCUT2D eigenvalue weighted by molar-refractivity contribution is -0.111. The number of benzene rings is 3. The summed E-state index contributed by atoms with van der Waals surface area (Å²) in [5.74, 6) is 1.08. The first kappa shape index (κ1) is 23.7. The Hall–Kier alpha value is -3.41. The van der Waals surface area contributed by atoms with Gasteiger partial charge in [-0.1, -0.05) is 35.3 Å². The van der Waals surface area contributed by atoms with Crippen LogP contribution in [0.3, 0.4) is 0 Å². The summed E-state index contributed by atoms with van der Waals surface area (Å²) in [6.45, 7) is 4.41. The van der Waals surface area contributed by atoms with E-state index in [9.17, 15) is 4.79 Å². The Labute approximate surface area is 207 Å². The van der Waals surface area contributed by atoms with Gasteiger partial charge in [-0.2, -0.15) is 0 Å². The van der Waals surface area contributed by atoms with Gasteiger partial charge in [0.05, 0.1) is 30.7 Å². The lowest BCUT2D eigenvalue weighted by Crippen LogP contribution is -2.09. The van der Waals surface area contributed by atoms with E-state index in [0.717, 1.165) is 27.8 Å². The molecule has 0 saturated heterocycles. The minimum Gasteiger partial charge on any atom is -0.496 e. The van der Waals surface area contributed by atoms with Crippen molar-refractivity contribution in [3.8, 4) is 22.6 Å². The third-order valence-corrected chi connectivity index (χ3v) is 5.90. The molecule has 1 aromatic heterocycles. The summed E-state index contributed by atoms with van der Waals surface area (Å²) in [6.07, 6.45) is 3.22. The summed E-state index contributed by atoms with van der Waals surface area (Å²) in [5.41, 5.74) is 4.55. The molecule has 0 bridgehead atoms. The van der Waals surface area contributed by atoms with Gasteiger partial charge in [0.15, 0.2) is 0 Å². The Balaban J connectivity index is 1.68. The SMILES string of the molecule is CCOc1ccc(-c2coc3cc(OC)c(/C(C)=C/C(=O)Nc4cc(Cl)ccc4Cl)cc23)cc1. The number of allylic oxidation sites excluding steroid dienone is 1. The van der Waals surface area contributed by atoms with E-state index in [1.807, 2.05) is 50.2 Å². The van der Waals surface area contributed by atoms with Crippen LogP contribution >= 0.6 is 23.2 Å². The number of amides is 1. The fourth-order valence-electron chi connectivity index (χ4n) is 3.69. The second kappa shape index (κ2) is 10.2. The normalized spacial score (nSPS) is 11.5. The van der Waals surface area contributed by atoms with E-state index in [1.54, 1.807) is 31.6 Å². The molecule has 0 aliphatic heterocycles. The Morgan fingerprint density at radius 3 is 2.56 bits per heavy atom. The number of carbonyl (C=O) groups excluding carboxylic acids is 1. The van der Waals surface area contributed by atoms with Crippen LogP contribution in [0.4, 0.5) is 5.69 Å². The molecule has 0 aliphatic rings. The van der Waals surface area contributed by atoms with Crippen LogP contribution in [-0.4, -0.2) is 19.6 Å². The Morgan fingerprint density at radius 1 is 1.09 bits per heavy atom. The van der Waals surface area contributed by atoms with E-state index in [2.05, 4.69) is 5.32 Å². The molecule has 5 nitrogen and oxygen atoms in total. The molecule has 174 valence electrons. The topological polar surface area (TPSA) is 60.7 Å². The first-order valence-corrected chi connectivity index (χ1v) is 11.4. The van der Waals surface area contributed by atoms with Crippen LogP contribution < -0.4 is 14.8 Å². The monoisotopic (exact) mass is 495 g/mol. The molecule has 0 atom stereocenters. The van der Waals surface area contributed by atoms with Crippen molar-refractivity contribution in [2.45, 2.75) is 13.8 Å². The molecule has 1 amide bonds. The first-order valence-electron chi connectivity index (χ1n) is 10.7. The standard InChI is InChI=1S/C27H23Cl2NO4/c1-4-33-19-8-5-17(6-9-19)22-15-34-26-14-25(32-3)20(13-21(22)26)16(2)11-27(31)30-24-12-18(28)7-10-23(24)29/h5-15H,4H2,1-3H3,(H,30,31)/b16-11+. The molecule has 1 N–H and O–H groups in total. The van der Waals surface area contributed by atoms with Crippen molar-refractivity contribution in [2.24, 2.45) is 0 Å². The maximum atomic E-state index is 12.7. The molecular formula is C27H23Cl2NO4. The van der Waals surface area contributed by atoms with Gasteiger partial charge in [-0.05, 0) is 61.4 Å². The molecule has 0 radical (unpaired) electrons. The summed E-state index contributed by atoms with van der Waals surface area (Å²) >= 11 is 12.2. The molecule has 34 heavy (non-hydrogen) atoms. The zero-order valence-electron chi connectivity index (χ0n) is 18.9. The van der Waals surface area contributed by atoms with Gasteiger partial charge in [-0.25, -0.2) is 0 Å². The van der Waals surface area contributed by atoms with Crippen LogP contribution in [0.25, 0.3) is 27.7 Å². The van der Waals surface area contributed by atoms with Gasteiger partial charge in [0.2, 0.25) is 5.91 Å². The van der Waals surface area contributed by atoms with Crippen LogP contribution in [0.2, 0.25) is 10.0 Å². The lowest BCUT2D eigenvalue weighted by Gasteiger charge is -2.11. The van der Waals surface area contributed by atoms with Gasteiger partial charge in [0.1, 0.15) is 17.1 Å². The third kappa shape index (κ3) is 5.06. The molecule has 1 heterocycles. The van der Waals surface area contributed by atoms with Gasteiger partial charge >= 0.3 is 0 Å². The van der Waals surface area contributed by atoms with E-state index >= 15 is 0 Å². The number of methoxy groups -OCH3 is 1. The molecule has 0 spiro atoms. The van der Waals surface area contributed by atoms with Crippen molar-refractivity contribution in [2.75, 3.05) is 19.0 Å². The van der Waals surface area contributed by atoms with Crippen molar-refractivity contribution < 1.29 is 18.7 Å². The number of furan rings is 1. The van der Waals surface area contributed by atoms with E-state index in [-0.39, 0.29) is 5.91 Å². The van der Waals surface area contributed by atoms with Crippen molar-refractivity contribution in [3.05, 3.63) is 82.5 Å². The molecule has 3 aromatic carbocycles. The van der Waals surface area contributed by atoms with Crippen molar-refractivity contribution in [1.29, 1.82) is 0 Å². The molecule has 0 aliphatic carbocycles. The maximum absolute atomic E-state index is 12.7. The Morgan fingerprint density at radius 2 is 1.85 bits per heavy atom. The smallest absolute Gasteiger partial charge is 0.248 e. The molecule has 0 saturated carbocycles. The quantitative estimate of drug-likeness (QED) is 0.265. The average Bonchev–Trinajstić information content (AvgIpc) is 3.24. The zero-order chi connectivity index (χ0) is 24.2. The molecule has 0 fully saturated rings. The van der Waals surface area contributed by atoms with E-state index in [0.29, 0.717) is 39.2 Å². The summed E-state index contributed by atoms with van der Waals surface area (Å²) in [4.78, 5) is 12.7. The van der Waals surface area contributed by atoms with Crippen LogP contribution in [-0.2, 0) is 4.79 Å². The Bertz CT molecular complexity index is 1370. The number of anilines is 1. The molecule has 0 unspecified atom stereocenters. The summed E-state index contributed by atoms with van der Waals surface area (Å²) in [6, 6.07) is 16.5. The largest absolute Gasteiger partial charge is 0.496 e. The molecule has 7 heteroatoms. The van der Waals surface area contributed by atoms with E-state index < -0.39 is 0 Å². The highest BCUT2D eigenvalue weighted by molar-refractivity contribution is 6.35. The number of nitrogens with one attached hydrogen (secondary N) is 1. The van der Waals surface area contributed by atoms with Crippen molar-refractivity contribution >= 4 is 51.3 Å². The first-order chi connectivity index (χ1) is 16.4. The van der Waals surface area contributed by atoms with Gasteiger partial charge in [0, 0.05) is 33.7 Å². The van der Waals surface area contributed by atoms with Crippen LogP contribution in [0.1, 0.15) is 19.4 Å². The number of halogens is 2. The second-order valence-electron chi connectivity index (χ2n) is 7.60. The number of carbonyl (C=O) groups is 1. The second-order valence-corrected chi connectivity index (χ2v) is 8.44. The van der Waals surface area contributed by atoms with Gasteiger partial charge in [-0.3, -0.25) is 4.79 Å². The average molecular weight is 496 g/mol. The minimum atomic E-state index is -0.331. The number of hydrogen-bond acceptors (Lipinski definition) is 4. The third-order valence-electron chi connectivity index (χ3n) is 5.33. The van der Waals surface area contributed by atoms with Gasteiger partial charge in [-0.15, -0.1) is 0 Å². The molecule has 4 aromatic rings. The summed E-state index contributed by atoms with van der Waals surface area (Å²) in [5, 5.41) is 4.56. The predicted octanol–water partition coefficient (Wildman–Crippen LogP) is 7.86. The van der Waals surface area contributed by atoms with Gasteiger partial charge < -0.3 is 19.2 Å². The van der Waals surface area contributed by atoms with Gasteiger partial charge in [0.25, 0.3) is 0 Å². The number of hydrogen-bond donors (Lipinski definition) is 1. The number of rotatable bonds is 7. The molecule has 4 rings (SSSR count). The number of fused-ring (bicyclic) bond motifs is 1. The van der Waals surface area contributed by atoms with E-state index in [4.69, 9.17) is 37.1 Å². The fourth-order valence-corrected chi connectivity index (χ4v) is 4.03. The highest BCUT2D eigenvalue weighted by atomic mass is 35.5. The highest BCUT2D eigenvalue weighted by Gasteiger charge is 2.15. The summed E-state index contributed by atoms with van der Waals surface area (Å²) in [7, 11) is 1.58. The van der Waals surface area contributed by atoms with Crippen LogP contribution in [0, 0.1) is 0 Å². The Kier molecular flexibility index (Phi) is 7.15. The van der Waals surface area contributed by atoms with E-state index in [1.165, 1.54) is 6.08 Å². The summed E-state index contributed by atoms with van der Waals surface area (Å²) < 4.78 is 16.9. The molecular weight excluding hydrogens is 473 g/mol. The number of ether oxygens (including phenoxy) is 2. The zero-order valence-corrected chi connectivity index (χ0v) is 20.5. The fraction of sp³-hybridized carbons (Fsp3) is 0.148. The van der Waals surface area contributed by atoms with Crippen LogP contribution in [0.15, 0.2) is 71.4 Å². The minimum absolute atomic E-state index is 0.331. The predicted molar refractivity (Wildman–Crippen MR) is 138 cm³/mol. The highest BCUT2D eigenvalue weighted by Crippen LogP contribution is 2.38. The van der Waals surface area contributed by atoms with Crippen molar-refractivity contribution in [3.63, 3.8) is 0 Å².